The van der Waals surface area contributed by atoms with E-state index >= 15 is 0 Å². The third kappa shape index (κ3) is 4.65. The van der Waals surface area contributed by atoms with Gasteiger partial charge in [0, 0.05) is 18.7 Å². The van der Waals surface area contributed by atoms with Crippen molar-refractivity contribution in [3.63, 3.8) is 0 Å². The Hall–Kier alpha value is -2.48. The van der Waals surface area contributed by atoms with Crippen LogP contribution in [0.25, 0.3) is 17.1 Å². The quantitative estimate of drug-likeness (QED) is 0.519. The van der Waals surface area contributed by atoms with Crippen LogP contribution in [0.5, 0.6) is 5.75 Å². The number of methoxy groups -OCH3 is 1. The van der Waals surface area contributed by atoms with Crippen LogP contribution in [-0.4, -0.2) is 51.2 Å². The molecule has 2 aromatic carbocycles. The first kappa shape index (κ1) is 22.7. The van der Waals surface area contributed by atoms with Gasteiger partial charge >= 0.3 is 0 Å². The summed E-state index contributed by atoms with van der Waals surface area (Å²) in [5.41, 5.74) is 3.29. The maximum absolute atomic E-state index is 9.62. The fraction of sp³-hybridized carbons (Fsp3) is 0.440. The highest BCUT2D eigenvalue weighted by atomic mass is 32.1. The molecule has 0 aliphatic carbocycles. The molecule has 6 nitrogen and oxygen atoms in total. The number of ether oxygens (including phenoxy) is 1. The van der Waals surface area contributed by atoms with E-state index in [2.05, 4.69) is 47.6 Å². The number of aliphatic hydroxyl groups is 1. The van der Waals surface area contributed by atoms with E-state index in [-0.39, 0.29) is 6.61 Å². The van der Waals surface area contributed by atoms with Crippen LogP contribution >= 0.6 is 12.2 Å². The number of aliphatic hydroxyl groups excluding tert-OH is 1. The summed E-state index contributed by atoms with van der Waals surface area (Å²) in [5, 5.41) is 14.6. The SMILES string of the molecule is COc1ccc(-c2nn(CN3CCC[C@H](CO)C3)c(=S)n2-c2ccccc2C(C)C)cc1. The molecule has 0 bridgehead atoms. The van der Waals surface area contributed by atoms with Gasteiger partial charge in [0.1, 0.15) is 5.75 Å². The Labute approximate surface area is 195 Å². The van der Waals surface area contributed by atoms with Crippen LogP contribution in [0.3, 0.4) is 0 Å². The van der Waals surface area contributed by atoms with E-state index in [9.17, 15) is 5.11 Å². The van der Waals surface area contributed by atoms with Crippen LogP contribution in [0.4, 0.5) is 0 Å². The lowest BCUT2D eigenvalue weighted by molar-refractivity contribution is 0.0939. The van der Waals surface area contributed by atoms with Crippen LogP contribution in [0.15, 0.2) is 48.5 Å². The molecular weight excluding hydrogens is 420 g/mol. The molecule has 32 heavy (non-hydrogen) atoms. The largest absolute Gasteiger partial charge is 0.497 e. The summed E-state index contributed by atoms with van der Waals surface area (Å²) in [6, 6.07) is 16.4. The number of hydrogen-bond donors (Lipinski definition) is 1. The molecule has 0 radical (unpaired) electrons. The summed E-state index contributed by atoms with van der Waals surface area (Å²) in [7, 11) is 1.67. The fourth-order valence-corrected chi connectivity index (χ4v) is 4.72. The average Bonchev–Trinajstić information content (AvgIpc) is 3.14. The van der Waals surface area contributed by atoms with E-state index < -0.39 is 0 Å². The molecule has 0 saturated carbocycles. The lowest BCUT2D eigenvalue weighted by Crippen LogP contribution is -2.38. The summed E-state index contributed by atoms with van der Waals surface area (Å²) in [4.78, 5) is 2.34. The van der Waals surface area contributed by atoms with Crippen LogP contribution in [0.2, 0.25) is 0 Å². The molecule has 1 atom stereocenters. The predicted molar refractivity (Wildman–Crippen MR) is 130 cm³/mol. The predicted octanol–water partition coefficient (Wildman–Crippen LogP) is 4.86. The van der Waals surface area contributed by atoms with Crippen LogP contribution in [0.1, 0.15) is 38.2 Å². The van der Waals surface area contributed by atoms with Crippen molar-refractivity contribution in [1.82, 2.24) is 19.2 Å². The maximum atomic E-state index is 9.62. The molecular formula is C25H32N4O2S. The van der Waals surface area contributed by atoms with Crippen LogP contribution < -0.4 is 4.74 Å². The number of hydrogen-bond acceptors (Lipinski definition) is 5. The van der Waals surface area contributed by atoms with Gasteiger partial charge < -0.3 is 9.84 Å². The van der Waals surface area contributed by atoms with Gasteiger partial charge in [0.25, 0.3) is 0 Å². The second kappa shape index (κ2) is 9.98. The first-order chi connectivity index (χ1) is 15.5. The highest BCUT2D eigenvalue weighted by Crippen LogP contribution is 2.29. The Bertz CT molecular complexity index is 1100. The fourth-order valence-electron chi connectivity index (χ4n) is 4.44. The lowest BCUT2D eigenvalue weighted by Gasteiger charge is -2.31. The summed E-state index contributed by atoms with van der Waals surface area (Å²) >= 11 is 5.98. The number of para-hydroxylation sites is 1. The average molecular weight is 453 g/mol. The zero-order chi connectivity index (χ0) is 22.7. The van der Waals surface area contributed by atoms with E-state index in [0.717, 1.165) is 48.8 Å². The van der Waals surface area contributed by atoms with Gasteiger partial charge in [0.2, 0.25) is 4.77 Å². The van der Waals surface area contributed by atoms with E-state index in [1.165, 1.54) is 5.56 Å². The molecule has 1 aliphatic heterocycles. The Morgan fingerprint density at radius 1 is 1.16 bits per heavy atom. The van der Waals surface area contributed by atoms with E-state index in [1.54, 1.807) is 7.11 Å². The summed E-state index contributed by atoms with van der Waals surface area (Å²) in [5.74, 6) is 2.31. The Balaban J connectivity index is 1.81. The minimum absolute atomic E-state index is 0.231. The smallest absolute Gasteiger partial charge is 0.204 e. The molecule has 0 unspecified atom stereocenters. The first-order valence-corrected chi connectivity index (χ1v) is 11.7. The minimum Gasteiger partial charge on any atom is -0.497 e. The van der Waals surface area contributed by atoms with Gasteiger partial charge in [-0.1, -0.05) is 32.0 Å². The molecule has 7 heteroatoms. The van der Waals surface area contributed by atoms with Crippen molar-refractivity contribution in [3.05, 3.63) is 58.9 Å². The van der Waals surface area contributed by atoms with E-state index in [1.807, 2.05) is 28.9 Å². The second-order valence-corrected chi connectivity index (χ2v) is 9.16. The standard InChI is InChI=1S/C25H32N4O2S/c1-18(2)22-8-4-5-9-23(22)29-24(20-10-12-21(31-3)13-11-20)26-28(25(29)32)17-27-14-6-7-19(15-27)16-30/h4-5,8-13,18-19,30H,6-7,14-17H2,1-3H3/t19-/m0/s1. The van der Waals surface area contributed by atoms with Crippen molar-refractivity contribution in [2.75, 3.05) is 26.8 Å². The van der Waals surface area contributed by atoms with E-state index in [4.69, 9.17) is 22.1 Å². The normalized spacial score (nSPS) is 17.1. The molecule has 2 heterocycles. The van der Waals surface area contributed by atoms with E-state index in [0.29, 0.717) is 23.3 Å². The van der Waals surface area contributed by atoms with Crippen LogP contribution in [-0.2, 0) is 6.67 Å². The van der Waals surface area contributed by atoms with Crippen molar-refractivity contribution in [2.45, 2.75) is 39.3 Å². The number of rotatable bonds is 7. The third-order valence-corrected chi connectivity index (χ3v) is 6.58. The molecule has 170 valence electrons. The highest BCUT2D eigenvalue weighted by Gasteiger charge is 2.22. The Morgan fingerprint density at radius 3 is 2.59 bits per heavy atom. The van der Waals surface area contributed by atoms with Crippen molar-refractivity contribution in [2.24, 2.45) is 5.92 Å². The number of aromatic nitrogens is 3. The zero-order valence-electron chi connectivity index (χ0n) is 19.1. The monoisotopic (exact) mass is 452 g/mol. The third-order valence-electron chi connectivity index (χ3n) is 6.18. The first-order valence-electron chi connectivity index (χ1n) is 11.3. The van der Waals surface area contributed by atoms with Gasteiger partial charge in [0.15, 0.2) is 5.82 Å². The minimum atomic E-state index is 0.231. The topological polar surface area (TPSA) is 55.4 Å². The van der Waals surface area contributed by atoms with Gasteiger partial charge in [0.05, 0.1) is 19.5 Å². The van der Waals surface area contributed by atoms with Gasteiger partial charge in [-0.3, -0.25) is 9.47 Å². The van der Waals surface area contributed by atoms with Gasteiger partial charge in [-0.25, -0.2) is 4.68 Å². The molecule has 1 N–H and O–H groups in total. The van der Waals surface area contributed by atoms with Crippen molar-refractivity contribution < 1.29 is 9.84 Å². The van der Waals surface area contributed by atoms with Crippen molar-refractivity contribution in [1.29, 1.82) is 0 Å². The Kier molecular flexibility index (Phi) is 7.08. The highest BCUT2D eigenvalue weighted by molar-refractivity contribution is 7.71. The van der Waals surface area contributed by atoms with Crippen molar-refractivity contribution >= 4 is 12.2 Å². The molecule has 4 rings (SSSR count). The molecule has 1 fully saturated rings. The van der Waals surface area contributed by atoms with Crippen molar-refractivity contribution in [3.8, 4) is 22.8 Å². The summed E-state index contributed by atoms with van der Waals surface area (Å²) in [6.45, 7) is 7.10. The molecule has 1 saturated heterocycles. The molecule has 1 aromatic heterocycles. The maximum Gasteiger partial charge on any atom is 0.204 e. The molecule has 0 spiro atoms. The molecule has 3 aromatic rings. The van der Waals surface area contributed by atoms with Gasteiger partial charge in [-0.05, 0) is 79.3 Å². The number of likely N-dealkylation sites (tertiary alicyclic amines) is 1. The van der Waals surface area contributed by atoms with Gasteiger partial charge in [-0.2, -0.15) is 0 Å². The molecule has 0 amide bonds. The number of nitrogens with zero attached hydrogens (tertiary/aromatic N) is 4. The number of piperidine rings is 1. The molecule has 1 aliphatic rings. The van der Waals surface area contributed by atoms with Crippen LogP contribution in [0, 0.1) is 10.7 Å². The summed E-state index contributed by atoms with van der Waals surface area (Å²) < 4.78 is 10.0. The second-order valence-electron chi connectivity index (χ2n) is 8.79. The Morgan fingerprint density at radius 2 is 1.91 bits per heavy atom. The lowest BCUT2D eigenvalue weighted by atomic mass is 10.00. The zero-order valence-corrected chi connectivity index (χ0v) is 19.9. The number of benzene rings is 2. The summed E-state index contributed by atoms with van der Waals surface area (Å²) in [6.07, 6.45) is 2.16. The van der Waals surface area contributed by atoms with Gasteiger partial charge in [-0.15, -0.1) is 5.10 Å².